The number of nitrogens with two attached hydrogens (primary N) is 1. The van der Waals surface area contributed by atoms with Crippen molar-refractivity contribution in [2.75, 3.05) is 11.9 Å². The van der Waals surface area contributed by atoms with Crippen LogP contribution in [0.1, 0.15) is 103 Å². The third kappa shape index (κ3) is 7.36. The average molecular weight is 675 g/mol. The molecular formula is C42H50N4S2. The Balaban J connectivity index is 1.08. The van der Waals surface area contributed by atoms with Crippen LogP contribution in [0.15, 0.2) is 72.8 Å². The van der Waals surface area contributed by atoms with Crippen LogP contribution in [-0.2, 0) is 0 Å². The lowest BCUT2D eigenvalue weighted by molar-refractivity contribution is 0.549. The van der Waals surface area contributed by atoms with Crippen LogP contribution in [0.3, 0.4) is 0 Å². The lowest BCUT2D eigenvalue weighted by Gasteiger charge is -2.09. The van der Waals surface area contributed by atoms with Gasteiger partial charge in [-0.05, 0) is 106 Å². The van der Waals surface area contributed by atoms with E-state index in [2.05, 4.69) is 102 Å². The zero-order chi connectivity index (χ0) is 32.9. The van der Waals surface area contributed by atoms with Crippen molar-refractivity contribution in [2.24, 2.45) is 5.73 Å². The first-order chi connectivity index (χ1) is 23.6. The Morgan fingerprint density at radius 3 is 1.79 bits per heavy atom. The van der Waals surface area contributed by atoms with E-state index in [0.717, 1.165) is 24.5 Å². The standard InChI is InChI=1S/C42H50N4S2/c1-3-5-7-9-11-13-21-44-42-20-19-37(46-42)41-25-31-23-29-16-15-28-22-30-24-40(47-38(30)26-32(28)33(29)27-39(31)48-41)36-18-17-35(45-36)34(43)14-12-10-8-6-4-2/h15-20,22-27,34,44-46H,3-14,21,43H2,1-2H3. The van der Waals surface area contributed by atoms with Crippen LogP contribution in [0.2, 0.25) is 0 Å². The Morgan fingerprint density at radius 2 is 1.15 bits per heavy atom. The van der Waals surface area contributed by atoms with Crippen molar-refractivity contribution in [1.29, 1.82) is 0 Å². The monoisotopic (exact) mass is 674 g/mol. The topological polar surface area (TPSA) is 69.6 Å². The first kappa shape index (κ1) is 32.9. The van der Waals surface area contributed by atoms with E-state index in [1.54, 1.807) is 0 Å². The van der Waals surface area contributed by atoms with E-state index in [9.17, 15) is 0 Å². The number of aromatic nitrogens is 2. The van der Waals surface area contributed by atoms with Gasteiger partial charge in [0.05, 0.1) is 21.1 Å². The first-order valence-electron chi connectivity index (χ1n) is 18.3. The Morgan fingerprint density at radius 1 is 0.583 bits per heavy atom. The quantitative estimate of drug-likeness (QED) is 0.0573. The van der Waals surface area contributed by atoms with Gasteiger partial charge in [0, 0.05) is 27.7 Å². The number of aromatic amines is 2. The molecule has 0 saturated carbocycles. The fraction of sp³-hybridized carbons (Fsp3) is 0.381. The Bertz CT molecular complexity index is 2110. The number of benzene rings is 3. The van der Waals surface area contributed by atoms with Crippen LogP contribution >= 0.6 is 22.7 Å². The number of H-pyrrole nitrogens is 2. The number of fused-ring (bicyclic) bond motifs is 5. The molecule has 0 saturated heterocycles. The van der Waals surface area contributed by atoms with Gasteiger partial charge in [-0.25, -0.2) is 0 Å². The van der Waals surface area contributed by atoms with E-state index in [4.69, 9.17) is 5.73 Å². The minimum Gasteiger partial charge on any atom is -0.372 e. The molecule has 0 amide bonds. The average Bonchev–Trinajstić information content (AvgIpc) is 3.91. The molecule has 4 aromatic heterocycles. The van der Waals surface area contributed by atoms with E-state index in [1.807, 2.05) is 22.7 Å². The van der Waals surface area contributed by atoms with Crippen LogP contribution in [-0.4, -0.2) is 16.5 Å². The van der Waals surface area contributed by atoms with Crippen LogP contribution in [0.5, 0.6) is 0 Å². The fourth-order valence-electron chi connectivity index (χ4n) is 7.06. The highest BCUT2D eigenvalue weighted by molar-refractivity contribution is 7.22. The minimum absolute atomic E-state index is 0.0731. The van der Waals surface area contributed by atoms with Crippen molar-refractivity contribution < 1.29 is 0 Å². The summed E-state index contributed by atoms with van der Waals surface area (Å²) in [5.74, 6) is 1.11. The number of nitrogens with one attached hydrogen (secondary N) is 3. The summed E-state index contributed by atoms with van der Waals surface area (Å²) >= 11 is 3.74. The van der Waals surface area contributed by atoms with Gasteiger partial charge in [0.15, 0.2) is 0 Å². The SMILES string of the molecule is CCCCCCCCNc1ccc(-c2cc3cc4ccc5cc6cc(-c7ccc(C(N)CCCCCCC)[nH]7)sc6cc5c4cc3s2)[nH]1. The molecule has 7 aromatic rings. The normalized spacial score (nSPS) is 12.6. The number of rotatable bonds is 17. The number of unbranched alkanes of at least 4 members (excludes halogenated alkanes) is 9. The van der Waals surface area contributed by atoms with Gasteiger partial charge in [0.2, 0.25) is 0 Å². The molecule has 6 heteroatoms. The second-order valence-electron chi connectivity index (χ2n) is 13.6. The second kappa shape index (κ2) is 15.3. The summed E-state index contributed by atoms with van der Waals surface area (Å²) in [4.78, 5) is 9.82. The van der Waals surface area contributed by atoms with Crippen molar-refractivity contribution in [3.05, 3.63) is 78.5 Å². The largest absolute Gasteiger partial charge is 0.372 e. The third-order valence-corrected chi connectivity index (χ3v) is 12.2. The molecule has 0 aliphatic carbocycles. The highest BCUT2D eigenvalue weighted by Crippen LogP contribution is 2.41. The number of hydrogen-bond donors (Lipinski definition) is 4. The molecule has 0 aliphatic heterocycles. The van der Waals surface area contributed by atoms with E-state index < -0.39 is 0 Å². The van der Waals surface area contributed by atoms with E-state index in [1.165, 1.54) is 133 Å². The summed E-state index contributed by atoms with van der Waals surface area (Å²) in [7, 11) is 0. The summed E-state index contributed by atoms with van der Waals surface area (Å²) in [6, 6.07) is 27.6. The molecule has 0 bridgehead atoms. The fourth-order valence-corrected chi connectivity index (χ4v) is 9.19. The highest BCUT2D eigenvalue weighted by atomic mass is 32.1. The Hall–Kier alpha value is -3.58. The molecule has 0 fully saturated rings. The van der Waals surface area contributed by atoms with Gasteiger partial charge in [-0.15, -0.1) is 22.7 Å². The van der Waals surface area contributed by atoms with Gasteiger partial charge in [-0.3, -0.25) is 0 Å². The van der Waals surface area contributed by atoms with Gasteiger partial charge >= 0.3 is 0 Å². The molecule has 0 radical (unpaired) electrons. The summed E-state index contributed by atoms with van der Waals surface area (Å²) in [6.45, 7) is 5.56. The molecule has 48 heavy (non-hydrogen) atoms. The van der Waals surface area contributed by atoms with Gasteiger partial charge in [0.1, 0.15) is 5.82 Å². The van der Waals surface area contributed by atoms with Crippen LogP contribution in [0, 0.1) is 0 Å². The first-order valence-corrected chi connectivity index (χ1v) is 19.9. The van der Waals surface area contributed by atoms with Crippen LogP contribution in [0.25, 0.3) is 62.9 Å². The van der Waals surface area contributed by atoms with E-state index >= 15 is 0 Å². The van der Waals surface area contributed by atoms with Crippen molar-refractivity contribution in [1.82, 2.24) is 9.97 Å². The molecule has 1 unspecified atom stereocenters. The Labute approximate surface area is 293 Å². The molecule has 250 valence electrons. The minimum atomic E-state index is 0.0731. The summed E-state index contributed by atoms with van der Waals surface area (Å²) in [5.41, 5.74) is 10.1. The molecule has 0 aliphatic rings. The number of hydrogen-bond acceptors (Lipinski definition) is 4. The molecule has 0 spiro atoms. The van der Waals surface area contributed by atoms with Gasteiger partial charge in [-0.1, -0.05) is 90.2 Å². The molecule has 1 atom stereocenters. The third-order valence-electron chi connectivity index (χ3n) is 9.90. The molecule has 3 aromatic carbocycles. The summed E-state index contributed by atoms with van der Waals surface area (Å²) < 4.78 is 2.65. The second-order valence-corrected chi connectivity index (χ2v) is 15.8. The maximum atomic E-state index is 6.58. The maximum Gasteiger partial charge on any atom is 0.103 e. The smallest absolute Gasteiger partial charge is 0.103 e. The number of thiophene rings is 2. The molecule has 4 heterocycles. The van der Waals surface area contributed by atoms with Crippen LogP contribution < -0.4 is 11.1 Å². The van der Waals surface area contributed by atoms with Crippen molar-refractivity contribution in [2.45, 2.75) is 96.9 Å². The Kier molecular flexibility index (Phi) is 10.5. The summed E-state index contributed by atoms with van der Waals surface area (Å²) in [6.07, 6.45) is 15.3. The molecule has 7 rings (SSSR count). The molecular weight excluding hydrogens is 625 g/mol. The predicted molar refractivity (Wildman–Crippen MR) is 214 cm³/mol. The number of anilines is 1. The lowest BCUT2D eigenvalue weighted by Crippen LogP contribution is -2.10. The van der Waals surface area contributed by atoms with Crippen molar-refractivity contribution in [3.63, 3.8) is 0 Å². The zero-order valence-electron chi connectivity index (χ0n) is 28.6. The van der Waals surface area contributed by atoms with Crippen molar-refractivity contribution >= 4 is 70.2 Å². The van der Waals surface area contributed by atoms with E-state index in [-0.39, 0.29) is 6.04 Å². The van der Waals surface area contributed by atoms with Gasteiger partial charge in [-0.2, -0.15) is 0 Å². The van der Waals surface area contributed by atoms with Crippen LogP contribution in [0.4, 0.5) is 5.82 Å². The van der Waals surface area contributed by atoms with Gasteiger partial charge < -0.3 is 21.0 Å². The molecule has 5 N–H and O–H groups in total. The highest BCUT2D eigenvalue weighted by Gasteiger charge is 2.14. The van der Waals surface area contributed by atoms with Gasteiger partial charge in [0.25, 0.3) is 0 Å². The molecule has 4 nitrogen and oxygen atoms in total. The summed E-state index contributed by atoms with van der Waals surface area (Å²) in [5, 5.41) is 11.4. The predicted octanol–water partition coefficient (Wildman–Crippen LogP) is 13.5. The maximum absolute atomic E-state index is 6.58. The van der Waals surface area contributed by atoms with Crippen molar-refractivity contribution in [3.8, 4) is 21.1 Å². The van der Waals surface area contributed by atoms with E-state index in [0.29, 0.717) is 0 Å². The lowest BCUT2D eigenvalue weighted by atomic mass is 10.00. The zero-order valence-corrected chi connectivity index (χ0v) is 30.2.